The van der Waals surface area contributed by atoms with Crippen LogP contribution in [0.1, 0.15) is 34.1 Å². The first kappa shape index (κ1) is 15.9. The van der Waals surface area contributed by atoms with Gasteiger partial charge in [-0.1, -0.05) is 0 Å². The summed E-state index contributed by atoms with van der Waals surface area (Å²) < 4.78 is 5.92. The molecule has 0 saturated carbocycles. The first-order chi connectivity index (χ1) is 8.18. The molecule has 1 saturated heterocycles. The molecule has 1 heterocycles. The number of piperazine rings is 1. The lowest BCUT2D eigenvalue weighted by atomic mass is 10.1. The maximum absolute atomic E-state index is 9.67. The Morgan fingerprint density at radius 3 is 2.11 bits per heavy atom. The van der Waals surface area contributed by atoms with Crippen molar-refractivity contribution in [1.82, 2.24) is 9.80 Å². The van der Waals surface area contributed by atoms with Crippen LogP contribution in [0.15, 0.2) is 0 Å². The molecule has 108 valence electrons. The summed E-state index contributed by atoms with van der Waals surface area (Å²) in [7, 11) is 2.17. The summed E-state index contributed by atoms with van der Waals surface area (Å²) in [6.07, 6.45) is 0.680. The fourth-order valence-electron chi connectivity index (χ4n) is 2.17. The fraction of sp³-hybridized carbons (Fsp3) is 1.00. The molecule has 1 aliphatic rings. The Morgan fingerprint density at radius 2 is 1.61 bits per heavy atom. The van der Waals surface area contributed by atoms with E-state index >= 15 is 0 Å². The van der Waals surface area contributed by atoms with Gasteiger partial charge in [-0.3, -0.25) is 4.90 Å². The van der Waals surface area contributed by atoms with Crippen LogP contribution in [0.2, 0.25) is 0 Å². The Bertz CT molecular complexity index is 241. The van der Waals surface area contributed by atoms with Gasteiger partial charge in [0.25, 0.3) is 0 Å². The molecule has 0 atom stereocenters. The number of hydrogen-bond acceptors (Lipinski definition) is 4. The van der Waals surface area contributed by atoms with Gasteiger partial charge in [0.15, 0.2) is 0 Å². The van der Waals surface area contributed by atoms with E-state index in [1.165, 1.54) is 0 Å². The summed E-state index contributed by atoms with van der Waals surface area (Å²) in [6, 6.07) is 0. The van der Waals surface area contributed by atoms with E-state index in [0.717, 1.165) is 32.7 Å². The summed E-state index contributed by atoms with van der Waals surface area (Å²) in [4.78, 5) is 4.82. The lowest BCUT2D eigenvalue weighted by molar-refractivity contribution is -0.0652. The molecule has 0 spiro atoms. The van der Waals surface area contributed by atoms with Crippen molar-refractivity contribution in [3.05, 3.63) is 0 Å². The van der Waals surface area contributed by atoms with Crippen molar-refractivity contribution >= 4 is 0 Å². The van der Waals surface area contributed by atoms with Crippen LogP contribution in [0.3, 0.4) is 0 Å². The molecule has 1 rings (SSSR count). The van der Waals surface area contributed by atoms with E-state index in [4.69, 9.17) is 4.74 Å². The van der Waals surface area contributed by atoms with Gasteiger partial charge in [0, 0.05) is 32.7 Å². The maximum atomic E-state index is 9.67. The average Bonchev–Trinajstić information content (AvgIpc) is 2.18. The number of likely N-dealkylation sites (N-methyl/N-ethyl adjacent to an activating group) is 1. The van der Waals surface area contributed by atoms with E-state index in [0.29, 0.717) is 13.0 Å². The first-order valence-electron chi connectivity index (χ1n) is 6.95. The summed E-state index contributed by atoms with van der Waals surface area (Å²) >= 11 is 0. The number of nitrogens with zero attached hydrogens (tertiary/aromatic N) is 2. The Morgan fingerprint density at radius 1 is 1.06 bits per heavy atom. The van der Waals surface area contributed by atoms with Crippen LogP contribution >= 0.6 is 0 Å². The van der Waals surface area contributed by atoms with Crippen LogP contribution in [-0.2, 0) is 4.74 Å². The zero-order valence-corrected chi connectivity index (χ0v) is 12.7. The van der Waals surface area contributed by atoms with Gasteiger partial charge in [-0.05, 0) is 41.2 Å². The van der Waals surface area contributed by atoms with Crippen molar-refractivity contribution < 1.29 is 9.84 Å². The van der Waals surface area contributed by atoms with E-state index in [9.17, 15) is 5.11 Å². The van der Waals surface area contributed by atoms with Crippen LogP contribution in [-0.4, -0.2) is 72.5 Å². The van der Waals surface area contributed by atoms with E-state index in [2.05, 4.69) is 30.7 Å². The molecule has 4 heteroatoms. The van der Waals surface area contributed by atoms with E-state index in [-0.39, 0.29) is 5.60 Å². The molecule has 0 aromatic heterocycles. The molecule has 1 N–H and O–H groups in total. The molecular formula is C14H30N2O2. The highest BCUT2D eigenvalue weighted by atomic mass is 16.5. The van der Waals surface area contributed by atoms with Crippen LogP contribution in [0.5, 0.6) is 0 Å². The smallest absolute Gasteiger partial charge is 0.0752 e. The third-order valence-corrected chi connectivity index (χ3v) is 3.41. The van der Waals surface area contributed by atoms with Crippen molar-refractivity contribution in [2.45, 2.75) is 45.3 Å². The maximum Gasteiger partial charge on any atom is 0.0752 e. The topological polar surface area (TPSA) is 35.9 Å². The van der Waals surface area contributed by atoms with Gasteiger partial charge in [0.2, 0.25) is 0 Å². The quantitative estimate of drug-likeness (QED) is 0.776. The minimum absolute atomic E-state index is 0.138. The highest BCUT2D eigenvalue weighted by Crippen LogP contribution is 2.16. The number of hydrogen-bond donors (Lipinski definition) is 1. The predicted molar refractivity (Wildman–Crippen MR) is 74.9 cm³/mol. The summed E-state index contributed by atoms with van der Waals surface area (Å²) in [6.45, 7) is 14.0. The molecule has 1 aliphatic heterocycles. The van der Waals surface area contributed by atoms with Gasteiger partial charge in [-0.15, -0.1) is 0 Å². The summed E-state index contributed by atoms with van der Waals surface area (Å²) in [5, 5.41) is 9.67. The number of aliphatic hydroxyl groups is 1. The minimum Gasteiger partial charge on any atom is -0.390 e. The summed E-state index contributed by atoms with van der Waals surface area (Å²) in [5.74, 6) is 0. The fourth-order valence-corrected chi connectivity index (χ4v) is 2.17. The van der Waals surface area contributed by atoms with Gasteiger partial charge in [-0.25, -0.2) is 0 Å². The standard InChI is InChI=1S/C14H30N2O2/c1-13(2,17)6-11-18-14(3,4)12-16-9-7-15(5)8-10-16/h17H,6-12H2,1-5H3. The SMILES string of the molecule is CN1CCN(CC(C)(C)OCCC(C)(C)O)CC1. The Kier molecular flexibility index (Phi) is 5.59. The van der Waals surface area contributed by atoms with Gasteiger partial charge in [-0.2, -0.15) is 0 Å². The third kappa shape index (κ3) is 6.69. The molecular weight excluding hydrogens is 228 g/mol. The Balaban J connectivity index is 2.26. The van der Waals surface area contributed by atoms with Crippen LogP contribution < -0.4 is 0 Å². The highest BCUT2D eigenvalue weighted by Gasteiger charge is 2.25. The third-order valence-electron chi connectivity index (χ3n) is 3.41. The minimum atomic E-state index is -0.635. The second-order valence-corrected chi connectivity index (χ2v) is 6.75. The van der Waals surface area contributed by atoms with Gasteiger partial charge < -0.3 is 14.7 Å². The van der Waals surface area contributed by atoms with Crippen LogP contribution in [0.25, 0.3) is 0 Å². The van der Waals surface area contributed by atoms with Gasteiger partial charge in [0.05, 0.1) is 17.8 Å². The largest absolute Gasteiger partial charge is 0.390 e. The normalized spacial score (nSPS) is 20.3. The monoisotopic (exact) mass is 258 g/mol. The van der Waals surface area contributed by atoms with Gasteiger partial charge >= 0.3 is 0 Å². The van der Waals surface area contributed by atoms with Crippen molar-refractivity contribution in [1.29, 1.82) is 0 Å². The van der Waals surface area contributed by atoms with Crippen molar-refractivity contribution in [3.63, 3.8) is 0 Å². The molecule has 0 aromatic carbocycles. The molecule has 0 aromatic rings. The molecule has 0 unspecified atom stereocenters. The second kappa shape index (κ2) is 6.33. The highest BCUT2D eigenvalue weighted by molar-refractivity contribution is 4.79. The zero-order valence-electron chi connectivity index (χ0n) is 12.7. The molecule has 0 aliphatic carbocycles. The van der Waals surface area contributed by atoms with Crippen LogP contribution in [0, 0.1) is 0 Å². The van der Waals surface area contributed by atoms with E-state index < -0.39 is 5.60 Å². The Labute approximate surface area is 112 Å². The van der Waals surface area contributed by atoms with E-state index in [1.807, 2.05) is 13.8 Å². The lowest BCUT2D eigenvalue weighted by Gasteiger charge is -2.38. The molecule has 4 nitrogen and oxygen atoms in total. The van der Waals surface area contributed by atoms with Crippen molar-refractivity contribution in [2.24, 2.45) is 0 Å². The number of rotatable bonds is 6. The summed E-state index contributed by atoms with van der Waals surface area (Å²) in [5.41, 5.74) is -0.773. The molecule has 0 amide bonds. The molecule has 0 radical (unpaired) electrons. The average molecular weight is 258 g/mol. The number of ether oxygens (including phenoxy) is 1. The zero-order chi connectivity index (χ0) is 13.8. The first-order valence-corrected chi connectivity index (χ1v) is 6.95. The molecule has 0 bridgehead atoms. The van der Waals surface area contributed by atoms with E-state index in [1.54, 1.807) is 0 Å². The lowest BCUT2D eigenvalue weighted by Crippen LogP contribution is -2.50. The molecule has 18 heavy (non-hydrogen) atoms. The van der Waals surface area contributed by atoms with Gasteiger partial charge in [0.1, 0.15) is 0 Å². The predicted octanol–water partition coefficient (Wildman–Crippen LogP) is 1.19. The molecule has 1 fully saturated rings. The second-order valence-electron chi connectivity index (χ2n) is 6.75. The van der Waals surface area contributed by atoms with Crippen molar-refractivity contribution in [2.75, 3.05) is 46.4 Å². The van der Waals surface area contributed by atoms with Crippen molar-refractivity contribution in [3.8, 4) is 0 Å². The van der Waals surface area contributed by atoms with Crippen LogP contribution in [0.4, 0.5) is 0 Å². The Hall–Kier alpha value is -0.160.